The fraction of sp³-hybridized carbons (Fsp3) is 0.333. The van der Waals surface area contributed by atoms with Crippen LogP contribution < -0.4 is 19.5 Å². The lowest BCUT2D eigenvalue weighted by Crippen LogP contribution is -2.55. The number of ether oxygens (including phenoxy) is 3. The molecule has 42 heavy (non-hydrogen) atoms. The van der Waals surface area contributed by atoms with E-state index in [-0.39, 0.29) is 29.9 Å². The monoisotopic (exact) mass is 574 g/mol. The first-order valence-electron chi connectivity index (χ1n) is 13.8. The molecule has 0 unspecified atom stereocenters. The molecule has 1 amide bonds. The van der Waals surface area contributed by atoms with Crippen molar-refractivity contribution in [2.45, 2.75) is 43.9 Å². The maximum atomic E-state index is 15.1. The molecule has 11 nitrogen and oxygen atoms in total. The number of nitrogens with zero attached hydrogens (tertiary/aromatic N) is 5. The van der Waals surface area contributed by atoms with Crippen LogP contribution in [-0.4, -0.2) is 68.1 Å². The zero-order chi connectivity index (χ0) is 29.2. The molecule has 2 aliphatic rings. The van der Waals surface area contributed by atoms with Crippen molar-refractivity contribution in [2.75, 3.05) is 25.5 Å². The summed E-state index contributed by atoms with van der Waals surface area (Å²) in [5.74, 6) is 1.07. The molecule has 1 aliphatic heterocycles. The van der Waals surface area contributed by atoms with E-state index >= 15 is 4.39 Å². The first-order chi connectivity index (χ1) is 20.4. The quantitative estimate of drug-likeness (QED) is 0.272. The molecule has 4 aromatic rings. The third kappa shape index (κ3) is 5.70. The average molecular weight is 575 g/mol. The highest BCUT2D eigenvalue weighted by Gasteiger charge is 2.32. The van der Waals surface area contributed by atoms with Gasteiger partial charge in [-0.3, -0.25) is 9.48 Å². The Hall–Kier alpha value is -4.71. The van der Waals surface area contributed by atoms with Gasteiger partial charge in [0.15, 0.2) is 23.1 Å². The standard InChI is InChI=1S/C30H31FN6O5/c1-3-29(39)36-15-21(16-36)41-27-13-22-24(14-26(27)40-2)32-17-33-30(22)34-18-4-9-25(23(31)12-18)42-28-10-11-37(35-28)19-5-7-20(38)8-6-19/h3-4,9-14,17,19-21,38H,1,5-8,15-16H2,2H3,(H,32,33,34). The second-order valence-electron chi connectivity index (χ2n) is 10.4. The molecule has 0 radical (unpaired) electrons. The molecule has 0 atom stereocenters. The van der Waals surface area contributed by atoms with Crippen molar-refractivity contribution in [2.24, 2.45) is 0 Å². The van der Waals surface area contributed by atoms with Crippen LogP contribution in [0.3, 0.4) is 0 Å². The second-order valence-corrected chi connectivity index (χ2v) is 10.4. The number of carbonyl (C=O) groups is 1. The summed E-state index contributed by atoms with van der Waals surface area (Å²) in [6.45, 7) is 4.40. The van der Waals surface area contributed by atoms with Crippen LogP contribution >= 0.6 is 0 Å². The van der Waals surface area contributed by atoms with E-state index in [1.807, 2.05) is 10.9 Å². The van der Waals surface area contributed by atoms with Gasteiger partial charge >= 0.3 is 0 Å². The number of fused-ring (bicyclic) bond motifs is 1. The van der Waals surface area contributed by atoms with Crippen LogP contribution in [0.1, 0.15) is 31.7 Å². The molecule has 2 N–H and O–H groups in total. The predicted octanol–water partition coefficient (Wildman–Crippen LogP) is 4.76. The fourth-order valence-corrected chi connectivity index (χ4v) is 5.23. The van der Waals surface area contributed by atoms with E-state index in [1.165, 1.54) is 24.5 Å². The molecular weight excluding hydrogens is 543 g/mol. The van der Waals surface area contributed by atoms with Gasteiger partial charge in [-0.15, -0.1) is 5.10 Å². The summed E-state index contributed by atoms with van der Waals surface area (Å²) in [4.78, 5) is 22.1. The highest BCUT2D eigenvalue weighted by molar-refractivity contribution is 5.93. The highest BCUT2D eigenvalue weighted by Crippen LogP contribution is 2.37. The van der Waals surface area contributed by atoms with E-state index in [4.69, 9.17) is 14.2 Å². The molecule has 2 fully saturated rings. The number of rotatable bonds is 9. The Morgan fingerprint density at radius 1 is 1.10 bits per heavy atom. The maximum Gasteiger partial charge on any atom is 0.246 e. The van der Waals surface area contributed by atoms with Crippen molar-refractivity contribution in [3.05, 3.63) is 67.4 Å². The number of nitrogens with one attached hydrogen (secondary N) is 1. The SMILES string of the molecule is C=CC(=O)N1CC(Oc2cc3c(Nc4ccc(Oc5ccn(C6CCC(O)CC6)n5)c(F)c4)ncnc3cc2OC)C1. The minimum Gasteiger partial charge on any atom is -0.493 e. The second kappa shape index (κ2) is 11.6. The Morgan fingerprint density at radius 3 is 2.64 bits per heavy atom. The van der Waals surface area contributed by atoms with Crippen molar-refractivity contribution in [1.29, 1.82) is 0 Å². The summed E-state index contributed by atoms with van der Waals surface area (Å²) in [5.41, 5.74) is 1.07. The number of carbonyl (C=O) groups excluding carboxylic acids is 1. The molecule has 6 rings (SSSR count). The van der Waals surface area contributed by atoms with Crippen molar-refractivity contribution in [1.82, 2.24) is 24.6 Å². The first-order valence-corrected chi connectivity index (χ1v) is 13.8. The number of benzene rings is 2. The molecule has 0 spiro atoms. The third-order valence-electron chi connectivity index (χ3n) is 7.58. The minimum atomic E-state index is -0.567. The maximum absolute atomic E-state index is 15.1. The molecule has 3 heterocycles. The first kappa shape index (κ1) is 27.5. The fourth-order valence-electron chi connectivity index (χ4n) is 5.23. The molecular formula is C30H31FN6O5. The number of aromatic nitrogens is 4. The molecule has 2 aromatic heterocycles. The van der Waals surface area contributed by atoms with Crippen LogP contribution in [0, 0.1) is 5.82 Å². The van der Waals surface area contributed by atoms with Gasteiger partial charge in [-0.25, -0.2) is 14.4 Å². The van der Waals surface area contributed by atoms with Crippen LogP contribution in [0.15, 0.2) is 61.6 Å². The van der Waals surface area contributed by atoms with Gasteiger partial charge in [0.2, 0.25) is 11.8 Å². The predicted molar refractivity (Wildman–Crippen MR) is 153 cm³/mol. The van der Waals surface area contributed by atoms with E-state index in [1.54, 1.807) is 36.3 Å². The summed E-state index contributed by atoms with van der Waals surface area (Å²) < 4.78 is 34.3. The van der Waals surface area contributed by atoms with Crippen LogP contribution in [0.25, 0.3) is 10.9 Å². The van der Waals surface area contributed by atoms with E-state index in [9.17, 15) is 9.90 Å². The zero-order valence-corrected chi connectivity index (χ0v) is 23.1. The number of likely N-dealkylation sites (tertiary alicyclic amines) is 1. The summed E-state index contributed by atoms with van der Waals surface area (Å²) in [6, 6.07) is 9.95. The van der Waals surface area contributed by atoms with Gasteiger partial charge in [-0.05, 0) is 50.0 Å². The Labute approximate surface area is 241 Å². The largest absolute Gasteiger partial charge is 0.493 e. The van der Waals surface area contributed by atoms with Gasteiger partial charge < -0.3 is 29.5 Å². The number of methoxy groups -OCH3 is 1. The zero-order valence-electron chi connectivity index (χ0n) is 23.1. The van der Waals surface area contributed by atoms with Gasteiger partial charge in [0.25, 0.3) is 0 Å². The lowest BCUT2D eigenvalue weighted by atomic mass is 9.93. The molecule has 218 valence electrons. The van der Waals surface area contributed by atoms with E-state index in [0.717, 1.165) is 25.7 Å². The van der Waals surface area contributed by atoms with Gasteiger partial charge in [0.05, 0.1) is 37.9 Å². The van der Waals surface area contributed by atoms with Crippen molar-refractivity contribution < 1.29 is 28.5 Å². The van der Waals surface area contributed by atoms with Crippen LogP contribution in [0.5, 0.6) is 23.1 Å². The van der Waals surface area contributed by atoms with Crippen molar-refractivity contribution >= 4 is 28.3 Å². The number of hydrogen-bond acceptors (Lipinski definition) is 9. The topological polar surface area (TPSA) is 124 Å². The Kier molecular flexibility index (Phi) is 7.62. The van der Waals surface area contributed by atoms with E-state index < -0.39 is 5.82 Å². The summed E-state index contributed by atoms with van der Waals surface area (Å²) in [7, 11) is 1.54. The Bertz CT molecular complexity index is 1610. The average Bonchev–Trinajstić information content (AvgIpc) is 3.44. The molecule has 1 saturated heterocycles. The number of halogens is 1. The van der Waals surface area contributed by atoms with Gasteiger partial charge in [-0.2, -0.15) is 0 Å². The molecule has 12 heteroatoms. The Morgan fingerprint density at radius 2 is 1.90 bits per heavy atom. The number of amides is 1. The summed E-state index contributed by atoms with van der Waals surface area (Å²) >= 11 is 0. The van der Waals surface area contributed by atoms with Gasteiger partial charge in [0.1, 0.15) is 18.2 Å². The Balaban J connectivity index is 1.16. The van der Waals surface area contributed by atoms with Crippen molar-refractivity contribution in [3.8, 4) is 23.1 Å². The van der Waals surface area contributed by atoms with Gasteiger partial charge in [0, 0.05) is 35.5 Å². The summed E-state index contributed by atoms with van der Waals surface area (Å²) in [5, 5.41) is 18.0. The highest BCUT2D eigenvalue weighted by atomic mass is 19.1. The van der Waals surface area contributed by atoms with Crippen LogP contribution in [0.4, 0.5) is 15.9 Å². The number of aliphatic hydroxyl groups is 1. The minimum absolute atomic E-state index is 0.0438. The smallest absolute Gasteiger partial charge is 0.246 e. The summed E-state index contributed by atoms with van der Waals surface area (Å²) in [6.07, 6.45) is 7.23. The van der Waals surface area contributed by atoms with E-state index in [2.05, 4.69) is 27.0 Å². The molecule has 0 bridgehead atoms. The molecule has 1 saturated carbocycles. The number of aliphatic hydroxyl groups excluding tert-OH is 1. The molecule has 2 aromatic carbocycles. The lowest BCUT2D eigenvalue weighted by molar-refractivity contribution is -0.134. The van der Waals surface area contributed by atoms with Crippen LogP contribution in [-0.2, 0) is 4.79 Å². The molecule has 1 aliphatic carbocycles. The van der Waals surface area contributed by atoms with Gasteiger partial charge in [-0.1, -0.05) is 6.58 Å². The number of hydrogen-bond donors (Lipinski definition) is 2. The normalized spacial score (nSPS) is 18.8. The number of anilines is 2. The van der Waals surface area contributed by atoms with Crippen molar-refractivity contribution in [3.63, 3.8) is 0 Å². The lowest BCUT2D eigenvalue weighted by Gasteiger charge is -2.38. The third-order valence-corrected chi connectivity index (χ3v) is 7.58. The van der Waals surface area contributed by atoms with Crippen LogP contribution in [0.2, 0.25) is 0 Å². The van der Waals surface area contributed by atoms with E-state index in [0.29, 0.717) is 52.9 Å².